The zero-order valence-electron chi connectivity index (χ0n) is 10.4. The first kappa shape index (κ1) is 14.1. The molecule has 7 heteroatoms. The van der Waals surface area contributed by atoms with Gasteiger partial charge in [0.05, 0.1) is 15.8 Å². The minimum absolute atomic E-state index is 0.145. The number of rotatable bonds is 2. The number of oxime groups is 1. The van der Waals surface area contributed by atoms with Crippen LogP contribution in [0.15, 0.2) is 21.8 Å². The summed E-state index contributed by atoms with van der Waals surface area (Å²) in [6.45, 7) is 2.68. The van der Waals surface area contributed by atoms with E-state index in [0.29, 0.717) is 25.2 Å². The van der Waals surface area contributed by atoms with Crippen LogP contribution in [0.2, 0.25) is 0 Å². The van der Waals surface area contributed by atoms with Crippen molar-refractivity contribution in [2.24, 2.45) is 10.9 Å². The van der Waals surface area contributed by atoms with E-state index in [1.807, 2.05) is 0 Å². The largest absolute Gasteiger partial charge is 0.409 e. The average Bonchev–Trinajstić information content (AvgIpc) is 2.72. The molecule has 19 heavy (non-hydrogen) atoms. The molecule has 4 N–H and O–H groups in total. The molecule has 1 aromatic rings. The summed E-state index contributed by atoms with van der Waals surface area (Å²) in [7, 11) is 0. The first-order valence-corrected chi connectivity index (χ1v) is 6.58. The van der Waals surface area contributed by atoms with Crippen molar-refractivity contribution in [1.82, 2.24) is 0 Å². The molecule has 1 unspecified atom stereocenters. The Morgan fingerprint density at radius 1 is 1.58 bits per heavy atom. The molecule has 104 valence electrons. The van der Waals surface area contributed by atoms with Crippen LogP contribution in [0.1, 0.15) is 18.9 Å². The lowest BCUT2D eigenvalue weighted by Gasteiger charge is -2.22. The average molecular weight is 332 g/mol. The molecule has 0 amide bonds. The Kier molecular flexibility index (Phi) is 3.69. The number of nitrogens with two attached hydrogens (primary N) is 1. The Bertz CT molecular complexity index is 534. The third kappa shape index (κ3) is 2.66. The molecule has 5 nitrogen and oxygen atoms in total. The molecule has 1 atom stereocenters. The summed E-state index contributed by atoms with van der Waals surface area (Å²) in [5.41, 5.74) is 5.33. The van der Waals surface area contributed by atoms with Gasteiger partial charge in [-0.25, -0.2) is 4.39 Å². The minimum Gasteiger partial charge on any atom is -0.409 e. The topological polar surface area (TPSA) is 82.1 Å². The quantitative estimate of drug-likeness (QED) is 0.333. The summed E-state index contributed by atoms with van der Waals surface area (Å²) < 4.78 is 14.4. The Morgan fingerprint density at radius 2 is 2.26 bits per heavy atom. The minimum atomic E-state index is -0.802. The van der Waals surface area contributed by atoms with Gasteiger partial charge in [0.25, 0.3) is 0 Å². The number of halogens is 2. The fourth-order valence-corrected chi connectivity index (χ4v) is 2.72. The van der Waals surface area contributed by atoms with E-state index in [1.54, 1.807) is 24.0 Å². The number of aliphatic hydroxyl groups is 1. The Hall–Kier alpha value is -1.34. The summed E-state index contributed by atoms with van der Waals surface area (Å²) >= 11 is 3.11. The predicted molar refractivity (Wildman–Crippen MR) is 74.1 cm³/mol. The number of hydrogen-bond acceptors (Lipinski definition) is 4. The van der Waals surface area contributed by atoms with Crippen LogP contribution in [0.3, 0.4) is 0 Å². The monoisotopic (exact) mass is 331 g/mol. The van der Waals surface area contributed by atoms with Crippen molar-refractivity contribution in [3.63, 3.8) is 0 Å². The second kappa shape index (κ2) is 4.97. The zero-order valence-corrected chi connectivity index (χ0v) is 12.0. The van der Waals surface area contributed by atoms with Gasteiger partial charge in [-0.05, 0) is 41.4 Å². The molecule has 1 saturated heterocycles. The fourth-order valence-electron chi connectivity index (χ4n) is 2.19. The molecule has 0 spiro atoms. The van der Waals surface area contributed by atoms with Crippen molar-refractivity contribution >= 4 is 27.5 Å². The molecule has 0 saturated carbocycles. The lowest BCUT2D eigenvalue weighted by molar-refractivity contribution is 0.0839. The summed E-state index contributed by atoms with van der Waals surface area (Å²) in [6.07, 6.45) is 0.589. The number of hydrogen-bond donors (Lipinski definition) is 3. The van der Waals surface area contributed by atoms with Gasteiger partial charge < -0.3 is 20.9 Å². The molecule has 1 heterocycles. The van der Waals surface area contributed by atoms with Crippen LogP contribution in [-0.4, -0.2) is 34.8 Å². The maximum absolute atomic E-state index is 14.3. The number of nitrogens with zero attached hydrogens (tertiary/aromatic N) is 2. The molecule has 0 radical (unpaired) electrons. The van der Waals surface area contributed by atoms with Crippen molar-refractivity contribution in [3.05, 3.63) is 28.0 Å². The lowest BCUT2D eigenvalue weighted by Crippen LogP contribution is -2.30. The van der Waals surface area contributed by atoms with Crippen LogP contribution in [0.4, 0.5) is 10.1 Å². The van der Waals surface area contributed by atoms with E-state index in [1.165, 1.54) is 0 Å². The summed E-state index contributed by atoms with van der Waals surface area (Å²) in [5, 5.41) is 21.4. The second-order valence-electron chi connectivity index (χ2n) is 4.91. The van der Waals surface area contributed by atoms with Crippen molar-refractivity contribution in [1.29, 1.82) is 0 Å². The van der Waals surface area contributed by atoms with Crippen LogP contribution < -0.4 is 10.6 Å². The second-order valence-corrected chi connectivity index (χ2v) is 5.71. The third-order valence-corrected chi connectivity index (χ3v) is 4.01. The Balaban J connectivity index is 2.37. The molecule has 1 aromatic carbocycles. The summed E-state index contributed by atoms with van der Waals surface area (Å²) in [6, 6.07) is 3.14. The first-order chi connectivity index (χ1) is 8.85. The number of anilines is 1. The highest BCUT2D eigenvalue weighted by Crippen LogP contribution is 2.33. The van der Waals surface area contributed by atoms with Crippen LogP contribution >= 0.6 is 15.9 Å². The maximum atomic E-state index is 14.3. The zero-order chi connectivity index (χ0) is 14.2. The molecular formula is C12H15BrFN3O2. The van der Waals surface area contributed by atoms with Gasteiger partial charge in [0.1, 0.15) is 0 Å². The molecule has 1 aliphatic heterocycles. The van der Waals surface area contributed by atoms with E-state index >= 15 is 0 Å². The van der Waals surface area contributed by atoms with E-state index in [-0.39, 0.29) is 15.9 Å². The summed E-state index contributed by atoms with van der Waals surface area (Å²) in [4.78, 5) is 1.77. The van der Waals surface area contributed by atoms with Gasteiger partial charge >= 0.3 is 0 Å². The lowest BCUT2D eigenvalue weighted by atomic mass is 10.1. The van der Waals surface area contributed by atoms with Crippen molar-refractivity contribution in [3.8, 4) is 0 Å². The smallest absolute Gasteiger partial charge is 0.171 e. The number of amidine groups is 1. The van der Waals surface area contributed by atoms with Gasteiger partial charge in [0.15, 0.2) is 11.7 Å². The highest BCUT2D eigenvalue weighted by atomic mass is 79.9. The Labute approximate surface area is 118 Å². The highest BCUT2D eigenvalue weighted by molar-refractivity contribution is 9.10. The van der Waals surface area contributed by atoms with Crippen molar-refractivity contribution < 1.29 is 14.7 Å². The van der Waals surface area contributed by atoms with E-state index in [9.17, 15) is 9.50 Å². The van der Waals surface area contributed by atoms with Gasteiger partial charge in [0.2, 0.25) is 0 Å². The Morgan fingerprint density at radius 3 is 2.79 bits per heavy atom. The van der Waals surface area contributed by atoms with E-state index in [0.717, 1.165) is 0 Å². The molecule has 0 aromatic heterocycles. The van der Waals surface area contributed by atoms with Crippen molar-refractivity contribution in [2.45, 2.75) is 18.9 Å². The molecular weight excluding hydrogens is 317 g/mol. The SMILES string of the molecule is CC1(O)CCN(c2ccc(/C(N)=N/O)c(Br)c2F)C1. The third-order valence-electron chi connectivity index (χ3n) is 3.24. The molecule has 1 fully saturated rings. The van der Waals surface area contributed by atoms with Crippen LogP contribution in [0.5, 0.6) is 0 Å². The van der Waals surface area contributed by atoms with Crippen LogP contribution in [0, 0.1) is 5.82 Å². The highest BCUT2D eigenvalue weighted by Gasteiger charge is 2.33. The van der Waals surface area contributed by atoms with Crippen LogP contribution in [0.25, 0.3) is 0 Å². The van der Waals surface area contributed by atoms with Crippen molar-refractivity contribution in [2.75, 3.05) is 18.0 Å². The molecule has 0 bridgehead atoms. The van der Waals surface area contributed by atoms with Gasteiger partial charge in [-0.3, -0.25) is 0 Å². The number of benzene rings is 1. The van der Waals surface area contributed by atoms with Crippen LogP contribution in [-0.2, 0) is 0 Å². The molecule has 1 aliphatic rings. The molecule has 2 rings (SSSR count). The fraction of sp³-hybridized carbons (Fsp3) is 0.417. The number of β-amino-alcohol motifs (C(OH)–C–C–N with tert-alkyl or cyclic N) is 1. The van der Waals surface area contributed by atoms with Gasteiger partial charge in [-0.1, -0.05) is 5.16 Å². The van der Waals surface area contributed by atoms with E-state index < -0.39 is 11.4 Å². The van der Waals surface area contributed by atoms with E-state index in [4.69, 9.17) is 10.9 Å². The molecule has 0 aliphatic carbocycles. The summed E-state index contributed by atoms with van der Waals surface area (Å²) in [5.74, 6) is -0.646. The normalized spacial score (nSPS) is 24.0. The first-order valence-electron chi connectivity index (χ1n) is 5.79. The van der Waals surface area contributed by atoms with Gasteiger partial charge in [0, 0.05) is 18.7 Å². The maximum Gasteiger partial charge on any atom is 0.171 e. The van der Waals surface area contributed by atoms with Gasteiger partial charge in [-0.15, -0.1) is 0 Å². The van der Waals surface area contributed by atoms with Gasteiger partial charge in [-0.2, -0.15) is 0 Å². The predicted octanol–water partition coefficient (Wildman–Crippen LogP) is 1.64. The van der Waals surface area contributed by atoms with E-state index in [2.05, 4.69) is 21.1 Å². The standard InChI is InChI=1S/C12H15BrFN3O2/c1-12(18)4-5-17(6-12)8-3-2-7(11(15)16-19)9(13)10(8)14/h2-3,18-19H,4-6H2,1H3,(H2,15,16).